The largest absolute Gasteiger partial charge is 0.409 e. The van der Waals surface area contributed by atoms with Crippen molar-refractivity contribution in [2.75, 3.05) is 11.9 Å². The van der Waals surface area contributed by atoms with Gasteiger partial charge in [-0.2, -0.15) is 0 Å². The van der Waals surface area contributed by atoms with Gasteiger partial charge in [-0.3, -0.25) is 0 Å². The van der Waals surface area contributed by atoms with E-state index >= 15 is 0 Å². The third-order valence-electron chi connectivity index (χ3n) is 3.39. The first kappa shape index (κ1) is 14.1. The summed E-state index contributed by atoms with van der Waals surface area (Å²) < 4.78 is 1.90. The highest BCUT2D eigenvalue weighted by atomic mass is 16.4. The lowest BCUT2D eigenvalue weighted by Gasteiger charge is -2.13. The molecule has 0 saturated carbocycles. The van der Waals surface area contributed by atoms with Gasteiger partial charge in [0.25, 0.3) is 0 Å². The number of fused-ring (bicyclic) bond motifs is 1. The van der Waals surface area contributed by atoms with Crippen LogP contribution < -0.4 is 11.1 Å². The summed E-state index contributed by atoms with van der Waals surface area (Å²) in [6, 6.07) is 0. The summed E-state index contributed by atoms with van der Waals surface area (Å²) in [5, 5.41) is 15.4. The Hall–Kier alpha value is -2.31. The number of oxime groups is 1. The smallest absolute Gasteiger partial charge is 0.180 e. The fraction of sp³-hybridized carbons (Fsp3) is 0.462. The topological polar surface area (TPSA) is 101 Å². The van der Waals surface area contributed by atoms with Crippen LogP contribution in [-0.4, -0.2) is 32.1 Å². The molecule has 0 aromatic carbocycles. The molecule has 0 radical (unpaired) electrons. The van der Waals surface area contributed by atoms with Crippen molar-refractivity contribution >= 4 is 22.8 Å². The van der Waals surface area contributed by atoms with Crippen molar-refractivity contribution in [3.63, 3.8) is 0 Å². The van der Waals surface area contributed by atoms with Crippen molar-refractivity contribution in [3.8, 4) is 0 Å². The number of imidazole rings is 1. The van der Waals surface area contributed by atoms with Crippen molar-refractivity contribution in [2.24, 2.45) is 17.9 Å². The van der Waals surface area contributed by atoms with Crippen LogP contribution in [0, 0.1) is 13.8 Å². The molecule has 0 aliphatic rings. The van der Waals surface area contributed by atoms with Crippen LogP contribution in [0.1, 0.15) is 30.3 Å². The Morgan fingerprint density at radius 2 is 2.10 bits per heavy atom. The van der Waals surface area contributed by atoms with Crippen molar-refractivity contribution in [3.05, 3.63) is 17.0 Å². The second-order valence-corrected chi connectivity index (χ2v) is 4.76. The zero-order valence-corrected chi connectivity index (χ0v) is 12.2. The first-order chi connectivity index (χ1) is 9.51. The van der Waals surface area contributed by atoms with Crippen LogP contribution in [0.15, 0.2) is 5.16 Å². The number of pyridine rings is 1. The maximum Gasteiger partial charge on any atom is 0.180 e. The molecule has 0 unspecified atom stereocenters. The minimum absolute atomic E-state index is 0.0671. The molecule has 0 aliphatic carbocycles. The number of nitrogens with one attached hydrogen (secondary N) is 1. The first-order valence-electron chi connectivity index (χ1n) is 6.56. The highest BCUT2D eigenvalue weighted by Gasteiger charge is 2.19. The second kappa shape index (κ2) is 5.36. The van der Waals surface area contributed by atoms with E-state index in [1.165, 1.54) is 0 Å². The van der Waals surface area contributed by atoms with Gasteiger partial charge in [0.1, 0.15) is 11.6 Å². The molecule has 4 N–H and O–H groups in total. The van der Waals surface area contributed by atoms with E-state index in [-0.39, 0.29) is 5.84 Å². The van der Waals surface area contributed by atoms with Gasteiger partial charge in [0, 0.05) is 19.2 Å². The summed E-state index contributed by atoms with van der Waals surface area (Å²) in [6.45, 7) is 6.68. The summed E-state index contributed by atoms with van der Waals surface area (Å²) in [5.74, 6) is 1.61. The molecule has 0 saturated heterocycles. The standard InChI is InChI=1S/C13H20N6O/c1-5-6-15-12-7(2)9(11(14)18-20)10-13(17-12)16-8(3)19(10)4/h20H,5-6H2,1-4H3,(H2,14,18)(H,15,17). The SMILES string of the molecule is CCCNc1nc2nc(C)n(C)c2c(/C(N)=N/O)c1C. The van der Waals surface area contributed by atoms with Crippen LogP contribution >= 0.6 is 0 Å². The molecule has 7 nitrogen and oxygen atoms in total. The summed E-state index contributed by atoms with van der Waals surface area (Å²) in [4.78, 5) is 8.96. The lowest BCUT2D eigenvalue weighted by Crippen LogP contribution is -2.18. The number of hydrogen-bond acceptors (Lipinski definition) is 5. The van der Waals surface area contributed by atoms with Crippen molar-refractivity contribution < 1.29 is 5.21 Å². The van der Waals surface area contributed by atoms with Gasteiger partial charge in [0.05, 0.1) is 11.1 Å². The maximum atomic E-state index is 9.03. The number of nitrogens with two attached hydrogens (primary N) is 1. The molecular formula is C13H20N6O. The summed E-state index contributed by atoms with van der Waals surface area (Å²) in [5.41, 5.74) is 8.73. The Labute approximate surface area is 117 Å². The number of aromatic nitrogens is 3. The summed E-state index contributed by atoms with van der Waals surface area (Å²) >= 11 is 0. The summed E-state index contributed by atoms with van der Waals surface area (Å²) in [6.07, 6.45) is 0.985. The van der Waals surface area contributed by atoms with Gasteiger partial charge in [0.15, 0.2) is 11.5 Å². The first-order valence-corrected chi connectivity index (χ1v) is 6.56. The van der Waals surface area contributed by atoms with E-state index in [4.69, 9.17) is 10.9 Å². The molecule has 2 heterocycles. The number of rotatable bonds is 4. The molecule has 2 aromatic rings. The van der Waals surface area contributed by atoms with Gasteiger partial charge in [-0.1, -0.05) is 12.1 Å². The molecular weight excluding hydrogens is 256 g/mol. The van der Waals surface area contributed by atoms with Gasteiger partial charge < -0.3 is 20.8 Å². The molecule has 0 bridgehead atoms. The molecule has 108 valence electrons. The fourth-order valence-electron chi connectivity index (χ4n) is 2.22. The lowest BCUT2D eigenvalue weighted by atomic mass is 10.1. The van der Waals surface area contributed by atoms with E-state index < -0.39 is 0 Å². The fourth-order valence-corrected chi connectivity index (χ4v) is 2.22. The number of aryl methyl sites for hydroxylation is 2. The molecule has 2 aromatic heterocycles. The average Bonchev–Trinajstić information content (AvgIpc) is 2.71. The van der Waals surface area contributed by atoms with Crippen LogP contribution in [-0.2, 0) is 7.05 Å². The second-order valence-electron chi connectivity index (χ2n) is 4.76. The molecule has 0 spiro atoms. The van der Waals surface area contributed by atoms with E-state index in [0.29, 0.717) is 11.2 Å². The molecule has 0 aliphatic heterocycles. The zero-order valence-electron chi connectivity index (χ0n) is 12.2. The van der Waals surface area contributed by atoms with Crippen LogP contribution in [0.4, 0.5) is 5.82 Å². The molecule has 0 amide bonds. The van der Waals surface area contributed by atoms with Crippen molar-refractivity contribution in [1.82, 2.24) is 14.5 Å². The number of nitrogens with zero attached hydrogens (tertiary/aromatic N) is 4. The van der Waals surface area contributed by atoms with Crippen LogP contribution in [0.5, 0.6) is 0 Å². The van der Waals surface area contributed by atoms with Gasteiger partial charge in [-0.05, 0) is 20.3 Å². The van der Waals surface area contributed by atoms with E-state index in [1.54, 1.807) is 0 Å². The highest BCUT2D eigenvalue weighted by molar-refractivity contribution is 6.08. The minimum Gasteiger partial charge on any atom is -0.409 e. The normalized spacial score (nSPS) is 12.1. The monoisotopic (exact) mass is 276 g/mol. The average molecular weight is 276 g/mol. The Kier molecular flexibility index (Phi) is 3.78. The Morgan fingerprint density at radius 3 is 2.70 bits per heavy atom. The van der Waals surface area contributed by atoms with E-state index in [0.717, 1.165) is 35.7 Å². The third-order valence-corrected chi connectivity index (χ3v) is 3.39. The Balaban J connectivity index is 2.78. The van der Waals surface area contributed by atoms with Crippen LogP contribution in [0.25, 0.3) is 11.2 Å². The van der Waals surface area contributed by atoms with E-state index in [9.17, 15) is 0 Å². The molecule has 0 fully saturated rings. The predicted molar refractivity (Wildman–Crippen MR) is 79.3 cm³/mol. The van der Waals surface area contributed by atoms with Gasteiger partial charge in [0.2, 0.25) is 0 Å². The van der Waals surface area contributed by atoms with E-state index in [1.807, 2.05) is 25.5 Å². The Bertz CT molecular complexity index is 673. The third kappa shape index (κ3) is 2.15. The van der Waals surface area contributed by atoms with E-state index in [2.05, 4.69) is 27.4 Å². The van der Waals surface area contributed by atoms with Crippen LogP contribution in [0.2, 0.25) is 0 Å². The number of anilines is 1. The quantitative estimate of drug-likeness (QED) is 0.340. The molecule has 7 heteroatoms. The van der Waals surface area contributed by atoms with Crippen molar-refractivity contribution in [2.45, 2.75) is 27.2 Å². The van der Waals surface area contributed by atoms with Gasteiger partial charge in [-0.15, -0.1) is 0 Å². The predicted octanol–water partition coefficient (Wildman–Crippen LogP) is 1.50. The minimum atomic E-state index is 0.0671. The van der Waals surface area contributed by atoms with Gasteiger partial charge in [-0.25, -0.2) is 9.97 Å². The molecule has 2 rings (SSSR count). The number of amidine groups is 1. The lowest BCUT2D eigenvalue weighted by molar-refractivity contribution is 0.318. The van der Waals surface area contributed by atoms with Gasteiger partial charge >= 0.3 is 0 Å². The molecule has 20 heavy (non-hydrogen) atoms. The van der Waals surface area contributed by atoms with Crippen molar-refractivity contribution in [1.29, 1.82) is 0 Å². The Morgan fingerprint density at radius 1 is 1.40 bits per heavy atom. The molecule has 0 atom stereocenters. The maximum absolute atomic E-state index is 9.03. The highest BCUT2D eigenvalue weighted by Crippen LogP contribution is 2.26. The number of hydrogen-bond donors (Lipinski definition) is 3. The summed E-state index contributed by atoms with van der Waals surface area (Å²) in [7, 11) is 1.89. The van der Waals surface area contributed by atoms with Crippen LogP contribution in [0.3, 0.4) is 0 Å². The zero-order chi connectivity index (χ0) is 14.9.